The molecule has 214 valence electrons. The minimum Gasteiger partial charge on any atom is -0.497 e. The number of hydrogen-bond acceptors (Lipinski definition) is 7. The third-order valence-corrected chi connectivity index (χ3v) is 8.41. The Morgan fingerprint density at radius 1 is 0.854 bits per heavy atom. The first-order valence-electron chi connectivity index (χ1n) is 14.4. The molecule has 0 atom stereocenters. The predicted molar refractivity (Wildman–Crippen MR) is 158 cm³/mol. The summed E-state index contributed by atoms with van der Waals surface area (Å²) in [4.78, 5) is 32.4. The molecule has 0 saturated carbocycles. The molecule has 0 bridgehead atoms. The number of methoxy groups -OCH3 is 2. The number of piperidine rings is 1. The fourth-order valence-electron chi connectivity index (χ4n) is 5.94. The van der Waals surface area contributed by atoms with Crippen LogP contribution >= 0.6 is 0 Å². The summed E-state index contributed by atoms with van der Waals surface area (Å²) in [6.07, 6.45) is 4.12. The second-order valence-corrected chi connectivity index (χ2v) is 11.0. The summed E-state index contributed by atoms with van der Waals surface area (Å²) in [6, 6.07) is 18.6. The molecular weight excluding hydrogens is 516 g/mol. The van der Waals surface area contributed by atoms with E-state index in [2.05, 4.69) is 61.1 Å². The fraction of sp³-hybridized carbons (Fsp3) is 0.406. The van der Waals surface area contributed by atoms with E-state index in [1.165, 1.54) is 16.7 Å². The van der Waals surface area contributed by atoms with Crippen LogP contribution in [0.5, 0.6) is 11.6 Å². The normalized spacial score (nSPS) is 17.2. The van der Waals surface area contributed by atoms with Crippen molar-refractivity contribution in [3.8, 4) is 11.6 Å². The Hall–Kier alpha value is -3.95. The molecule has 9 heteroatoms. The number of hydrogen-bond donors (Lipinski definition) is 1. The molecule has 0 spiro atoms. The SMILES string of the molecule is COc1ccc(CN2CCN(C(=O)c3nc4ccc(C5CCN(Cc6ccc(OC)nc6)CC5)cc4[nH]3)CC2)cc1. The largest absolute Gasteiger partial charge is 0.497 e. The lowest BCUT2D eigenvalue weighted by Gasteiger charge is -2.34. The predicted octanol–water partition coefficient (Wildman–Crippen LogP) is 4.31. The molecular formula is C32H38N6O3. The van der Waals surface area contributed by atoms with E-state index in [0.29, 0.717) is 30.7 Å². The van der Waals surface area contributed by atoms with E-state index in [4.69, 9.17) is 9.47 Å². The van der Waals surface area contributed by atoms with Crippen molar-refractivity contribution >= 4 is 16.9 Å². The van der Waals surface area contributed by atoms with Crippen LogP contribution in [0.1, 0.15) is 46.1 Å². The number of nitrogens with one attached hydrogen (secondary N) is 1. The number of carbonyl (C=O) groups excluding carboxylic acids is 1. The molecule has 2 saturated heterocycles. The second kappa shape index (κ2) is 12.3. The average Bonchev–Trinajstić information content (AvgIpc) is 3.46. The second-order valence-electron chi connectivity index (χ2n) is 11.0. The zero-order valence-corrected chi connectivity index (χ0v) is 23.9. The molecule has 2 fully saturated rings. The minimum atomic E-state index is -0.0202. The van der Waals surface area contributed by atoms with Gasteiger partial charge in [0.05, 0.1) is 25.3 Å². The van der Waals surface area contributed by atoms with Crippen LogP contribution in [0, 0.1) is 0 Å². The van der Waals surface area contributed by atoms with Crippen molar-refractivity contribution in [2.75, 3.05) is 53.5 Å². The maximum absolute atomic E-state index is 13.3. The molecule has 4 heterocycles. The summed E-state index contributed by atoms with van der Waals surface area (Å²) >= 11 is 0. The topological polar surface area (TPSA) is 86.8 Å². The number of rotatable bonds is 8. The first-order chi connectivity index (χ1) is 20.1. The highest BCUT2D eigenvalue weighted by Crippen LogP contribution is 2.30. The summed E-state index contributed by atoms with van der Waals surface area (Å²) in [5.74, 6) is 2.43. The Bertz CT molecular complexity index is 1450. The molecule has 6 rings (SSSR count). The van der Waals surface area contributed by atoms with Crippen molar-refractivity contribution in [2.45, 2.75) is 31.8 Å². The van der Waals surface area contributed by atoms with Gasteiger partial charge in [-0.2, -0.15) is 0 Å². The highest BCUT2D eigenvalue weighted by molar-refractivity contribution is 5.94. The van der Waals surface area contributed by atoms with E-state index in [-0.39, 0.29) is 5.91 Å². The molecule has 0 aliphatic carbocycles. The Morgan fingerprint density at radius 2 is 1.56 bits per heavy atom. The lowest BCUT2D eigenvalue weighted by molar-refractivity contribution is 0.0618. The number of nitrogens with zero attached hydrogens (tertiary/aromatic N) is 5. The van der Waals surface area contributed by atoms with Gasteiger partial charge in [-0.25, -0.2) is 9.97 Å². The van der Waals surface area contributed by atoms with Gasteiger partial charge in [0.2, 0.25) is 5.88 Å². The number of aromatic amines is 1. The van der Waals surface area contributed by atoms with Crippen LogP contribution in [-0.4, -0.2) is 89.0 Å². The zero-order chi connectivity index (χ0) is 28.2. The van der Waals surface area contributed by atoms with E-state index in [1.807, 2.05) is 29.3 Å². The quantitative estimate of drug-likeness (QED) is 0.347. The molecule has 0 radical (unpaired) electrons. The van der Waals surface area contributed by atoms with E-state index in [9.17, 15) is 4.79 Å². The van der Waals surface area contributed by atoms with Gasteiger partial charge < -0.3 is 19.4 Å². The number of imidazole rings is 1. The number of pyridine rings is 1. The highest BCUT2D eigenvalue weighted by Gasteiger charge is 2.25. The maximum Gasteiger partial charge on any atom is 0.289 e. The Balaban J connectivity index is 1.02. The highest BCUT2D eigenvalue weighted by atomic mass is 16.5. The van der Waals surface area contributed by atoms with Crippen molar-refractivity contribution in [3.05, 3.63) is 83.3 Å². The summed E-state index contributed by atoms with van der Waals surface area (Å²) in [7, 11) is 3.32. The fourth-order valence-corrected chi connectivity index (χ4v) is 5.94. The molecule has 9 nitrogen and oxygen atoms in total. The van der Waals surface area contributed by atoms with Crippen molar-refractivity contribution in [1.82, 2.24) is 29.7 Å². The smallest absolute Gasteiger partial charge is 0.289 e. The van der Waals surface area contributed by atoms with Gasteiger partial charge in [-0.1, -0.05) is 24.3 Å². The molecule has 1 N–H and O–H groups in total. The Labute approximate surface area is 241 Å². The van der Waals surface area contributed by atoms with E-state index >= 15 is 0 Å². The van der Waals surface area contributed by atoms with E-state index in [0.717, 1.165) is 68.9 Å². The molecule has 2 aliphatic rings. The van der Waals surface area contributed by atoms with Gasteiger partial charge in [0.1, 0.15) is 5.75 Å². The van der Waals surface area contributed by atoms with Gasteiger partial charge in [0.25, 0.3) is 5.91 Å². The van der Waals surface area contributed by atoms with Crippen molar-refractivity contribution < 1.29 is 14.3 Å². The van der Waals surface area contributed by atoms with Crippen LogP contribution in [0.4, 0.5) is 0 Å². The van der Waals surface area contributed by atoms with Crippen LogP contribution in [0.3, 0.4) is 0 Å². The molecule has 41 heavy (non-hydrogen) atoms. The molecule has 1 amide bonds. The zero-order valence-electron chi connectivity index (χ0n) is 23.9. The molecule has 2 aliphatic heterocycles. The molecule has 2 aromatic carbocycles. The lowest BCUT2D eigenvalue weighted by Crippen LogP contribution is -2.48. The number of piperazine rings is 1. The number of aromatic nitrogens is 3. The van der Waals surface area contributed by atoms with Gasteiger partial charge in [-0.15, -0.1) is 0 Å². The van der Waals surface area contributed by atoms with E-state index in [1.54, 1.807) is 14.2 Å². The monoisotopic (exact) mass is 554 g/mol. The van der Waals surface area contributed by atoms with Crippen molar-refractivity contribution in [1.29, 1.82) is 0 Å². The van der Waals surface area contributed by atoms with Crippen LogP contribution in [0.25, 0.3) is 11.0 Å². The van der Waals surface area contributed by atoms with E-state index < -0.39 is 0 Å². The average molecular weight is 555 g/mol. The number of carbonyl (C=O) groups is 1. The summed E-state index contributed by atoms with van der Waals surface area (Å²) in [5, 5.41) is 0. The van der Waals surface area contributed by atoms with Gasteiger partial charge in [0, 0.05) is 51.5 Å². The maximum atomic E-state index is 13.3. The van der Waals surface area contributed by atoms with Crippen molar-refractivity contribution in [2.24, 2.45) is 0 Å². The lowest BCUT2D eigenvalue weighted by atomic mass is 9.89. The van der Waals surface area contributed by atoms with Gasteiger partial charge in [-0.3, -0.25) is 14.6 Å². The summed E-state index contributed by atoms with van der Waals surface area (Å²) in [5.41, 5.74) is 5.56. The van der Waals surface area contributed by atoms with Crippen LogP contribution in [-0.2, 0) is 13.1 Å². The number of fused-ring (bicyclic) bond motifs is 1. The third-order valence-electron chi connectivity index (χ3n) is 8.41. The Morgan fingerprint density at radius 3 is 2.24 bits per heavy atom. The number of H-pyrrole nitrogens is 1. The standard InChI is InChI=1S/C32H38N6O3/c1-40-27-7-3-23(4-8-27)21-37-15-17-38(18-16-37)32(39)31-34-28-9-6-26(19-29(28)35-31)25-11-13-36(14-12-25)22-24-5-10-30(41-2)33-20-24/h3-10,19-20,25H,11-18,21-22H2,1-2H3,(H,34,35). The van der Waals surface area contributed by atoms with Crippen molar-refractivity contribution in [3.63, 3.8) is 0 Å². The summed E-state index contributed by atoms with van der Waals surface area (Å²) in [6.45, 7) is 6.95. The molecule has 4 aromatic rings. The van der Waals surface area contributed by atoms with Gasteiger partial charge in [-0.05, 0) is 72.8 Å². The van der Waals surface area contributed by atoms with Crippen LogP contribution < -0.4 is 9.47 Å². The molecule has 0 unspecified atom stereocenters. The first-order valence-corrected chi connectivity index (χ1v) is 14.4. The third kappa shape index (κ3) is 6.36. The molecule has 2 aromatic heterocycles. The number of benzene rings is 2. The first kappa shape index (κ1) is 27.2. The van der Waals surface area contributed by atoms with Crippen LogP contribution in [0.2, 0.25) is 0 Å². The number of ether oxygens (including phenoxy) is 2. The number of amides is 1. The number of likely N-dealkylation sites (tertiary alicyclic amines) is 1. The Kier molecular flexibility index (Phi) is 8.16. The van der Waals surface area contributed by atoms with Crippen LogP contribution in [0.15, 0.2) is 60.8 Å². The van der Waals surface area contributed by atoms with Gasteiger partial charge >= 0.3 is 0 Å². The minimum absolute atomic E-state index is 0.0202. The van der Waals surface area contributed by atoms with Gasteiger partial charge in [0.15, 0.2) is 5.82 Å². The summed E-state index contributed by atoms with van der Waals surface area (Å²) < 4.78 is 10.4.